The third-order valence-electron chi connectivity index (χ3n) is 13.8. The molecule has 0 unspecified atom stereocenters. The molecule has 9 bridgehead atoms. The van der Waals surface area contributed by atoms with Crippen molar-refractivity contribution in [2.45, 2.75) is 75.5 Å². The number of nitrogens with zero attached hydrogens (tertiary/aromatic N) is 1. The van der Waals surface area contributed by atoms with Gasteiger partial charge in [-0.3, -0.25) is 24.0 Å². The lowest BCUT2D eigenvalue weighted by molar-refractivity contribution is -0.145. The molecule has 0 radical (unpaired) electrons. The Balaban J connectivity index is 1.26. The number of alkyl carbamates (subject to hydrolysis) is 1. The Morgan fingerprint density at radius 3 is 1.82 bits per heavy atom. The van der Waals surface area contributed by atoms with E-state index < -0.39 is 101 Å². The van der Waals surface area contributed by atoms with Crippen LogP contribution in [-0.4, -0.2) is 102 Å². The van der Waals surface area contributed by atoms with Crippen LogP contribution in [0.25, 0.3) is 22.0 Å². The van der Waals surface area contributed by atoms with Gasteiger partial charge in [0.2, 0.25) is 29.5 Å². The number of carbonyl (C=O) groups excluding carboxylic acids is 6. The van der Waals surface area contributed by atoms with Crippen molar-refractivity contribution in [3.63, 3.8) is 0 Å². The Morgan fingerprint density at radius 1 is 0.687 bits per heavy atom. The van der Waals surface area contributed by atoms with E-state index in [1.54, 1.807) is 57.3 Å². The standard InChI is InChI=1S/C58H51Cl4N7O14/c1-58(2,3)83-57(81)64-40-22-30-24-63-47-33(30)6-5-7-34(47)35-17-27-23-42(48(35)71)82-32-14-8-25(9-15-32)16-41(52(75)68-46(56(79)80)26-10-12-31(70)13-11-26)69(4)55(78)45(29-20-38(61)50(73)39(62)21-29)67-54(77)43(27)66-53(76)44(65-51(40)74)28-18-36(59)49(72)37(60)19-28/h5-15,17-21,23-24,40-41,43-46,63,70-73H,16,22H2,1-4H3,(H,64,81)(H,65,74)(H,66,76)(H,67,77)(H,68,75)(H,79,80)/t40-,41+,43-,44-,45-,46-/m1/s1. The minimum absolute atomic E-state index is 0.0349. The molecule has 6 aromatic carbocycles. The Kier molecular flexibility index (Phi) is 16.7. The Bertz CT molecular complexity index is 3730. The third kappa shape index (κ3) is 12.6. The SMILES string of the molecule is CN1C(=O)[C@@H](c2cc(Cl)c(O)c(Cl)c2)NC(=O)[C@@H]2NC(=O)[C@@H](c3cc(Cl)c(O)c(Cl)c3)NC(=O)[C@H](NC(=O)OC(C)(C)C)Cc3c[nH]c4c(cccc34)-c3cc2cc(c3O)Oc2ccc(cc2)C[C@H]1C(=O)N[C@@H](C(=O)O)c1ccc(O)cc1. The molecular weight excluding hydrogens is 1160 g/mol. The number of hydrogen-bond donors (Lipinski definition) is 11. The summed E-state index contributed by atoms with van der Waals surface area (Å²) < 4.78 is 12.0. The van der Waals surface area contributed by atoms with Crippen molar-refractivity contribution < 1.29 is 68.6 Å². The molecule has 83 heavy (non-hydrogen) atoms. The second-order valence-corrected chi connectivity index (χ2v) is 22.3. The number of ether oxygens (including phenoxy) is 2. The van der Waals surface area contributed by atoms with Crippen LogP contribution in [0, 0.1) is 0 Å². The van der Waals surface area contributed by atoms with Crippen LogP contribution < -0.4 is 31.3 Å². The topological polar surface area (TPSA) is 318 Å². The van der Waals surface area contributed by atoms with Gasteiger partial charge in [-0.15, -0.1) is 0 Å². The van der Waals surface area contributed by atoms with Gasteiger partial charge in [-0.25, -0.2) is 9.59 Å². The van der Waals surface area contributed by atoms with E-state index in [-0.39, 0.29) is 78.0 Å². The number of amides is 6. The zero-order chi connectivity index (χ0) is 59.9. The van der Waals surface area contributed by atoms with Gasteiger partial charge in [0.05, 0.1) is 25.6 Å². The first-order valence-corrected chi connectivity index (χ1v) is 26.8. The highest BCUT2D eigenvalue weighted by atomic mass is 35.5. The van der Waals surface area contributed by atoms with E-state index in [0.29, 0.717) is 27.6 Å². The molecule has 7 aromatic rings. The number of hydrogen-bond acceptors (Lipinski definition) is 13. The first-order valence-electron chi connectivity index (χ1n) is 25.3. The van der Waals surface area contributed by atoms with E-state index in [0.717, 1.165) is 29.2 Å². The average molecular weight is 1210 g/mol. The number of aliphatic carboxylic acids is 1. The molecule has 1 aromatic heterocycles. The highest BCUT2D eigenvalue weighted by Crippen LogP contribution is 2.45. The summed E-state index contributed by atoms with van der Waals surface area (Å²) in [7, 11) is 1.22. The van der Waals surface area contributed by atoms with Crippen LogP contribution >= 0.6 is 46.4 Å². The lowest BCUT2D eigenvalue weighted by atomic mass is 9.94. The smallest absolute Gasteiger partial charge is 0.408 e. The lowest BCUT2D eigenvalue weighted by Gasteiger charge is -2.33. The molecule has 10 rings (SSSR count). The zero-order valence-corrected chi connectivity index (χ0v) is 47.2. The molecule has 25 heteroatoms. The second-order valence-electron chi connectivity index (χ2n) is 20.6. The van der Waals surface area contributed by atoms with E-state index >= 15 is 14.4 Å². The van der Waals surface area contributed by atoms with Crippen molar-refractivity contribution in [3.8, 4) is 45.6 Å². The number of phenolic OH excluding ortho intramolecular Hbond substituents is 4. The second kappa shape index (κ2) is 23.5. The highest BCUT2D eigenvalue weighted by molar-refractivity contribution is 6.38. The van der Waals surface area contributed by atoms with Gasteiger partial charge in [0.15, 0.2) is 29.0 Å². The van der Waals surface area contributed by atoms with Crippen molar-refractivity contribution in [1.29, 1.82) is 0 Å². The summed E-state index contributed by atoms with van der Waals surface area (Å²) in [5, 5.41) is 66.2. The normalized spacial score (nSPS) is 18.9. The molecule has 6 atom stereocenters. The predicted molar refractivity (Wildman–Crippen MR) is 305 cm³/mol. The van der Waals surface area contributed by atoms with E-state index in [9.17, 15) is 44.7 Å². The van der Waals surface area contributed by atoms with Gasteiger partial charge in [-0.1, -0.05) is 88.9 Å². The molecule has 0 fully saturated rings. The number of benzene rings is 6. The summed E-state index contributed by atoms with van der Waals surface area (Å²) >= 11 is 25.8. The molecule has 3 aliphatic heterocycles. The van der Waals surface area contributed by atoms with Crippen molar-refractivity contribution >= 4 is 98.9 Å². The molecule has 0 saturated heterocycles. The van der Waals surface area contributed by atoms with Crippen LogP contribution in [0.4, 0.5) is 4.79 Å². The Hall–Kier alpha value is -8.89. The fourth-order valence-corrected chi connectivity index (χ4v) is 10.7. The monoisotopic (exact) mass is 1210 g/mol. The predicted octanol–water partition coefficient (Wildman–Crippen LogP) is 8.71. The minimum atomic E-state index is -1.99. The summed E-state index contributed by atoms with van der Waals surface area (Å²) in [4.78, 5) is 107. The number of carboxylic acids is 1. The highest BCUT2D eigenvalue weighted by Gasteiger charge is 2.40. The Morgan fingerprint density at radius 2 is 1.24 bits per heavy atom. The van der Waals surface area contributed by atoms with Crippen molar-refractivity contribution in [1.82, 2.24) is 36.5 Å². The van der Waals surface area contributed by atoms with E-state index in [1.807, 2.05) is 0 Å². The van der Waals surface area contributed by atoms with Gasteiger partial charge in [0.25, 0.3) is 0 Å². The van der Waals surface area contributed by atoms with E-state index in [1.165, 1.54) is 55.6 Å². The quantitative estimate of drug-likeness (QED) is 0.0711. The number of aromatic nitrogens is 1. The number of aromatic hydroxyl groups is 4. The number of carbonyl (C=O) groups is 7. The number of para-hydroxylation sites is 1. The zero-order valence-electron chi connectivity index (χ0n) is 44.1. The lowest BCUT2D eigenvalue weighted by Crippen LogP contribution is -2.54. The largest absolute Gasteiger partial charge is 0.508 e. The van der Waals surface area contributed by atoms with E-state index in [4.69, 9.17) is 55.9 Å². The molecule has 430 valence electrons. The van der Waals surface area contributed by atoms with Crippen LogP contribution in [0.5, 0.6) is 34.5 Å². The van der Waals surface area contributed by atoms with Crippen molar-refractivity contribution in [2.75, 3.05) is 7.05 Å². The maximum absolute atomic E-state index is 15.7. The van der Waals surface area contributed by atoms with Gasteiger partial charge in [-0.2, -0.15) is 0 Å². The minimum Gasteiger partial charge on any atom is -0.508 e. The molecule has 4 heterocycles. The number of rotatable bonds is 7. The summed E-state index contributed by atoms with van der Waals surface area (Å²) in [6.07, 6.45) is 0.0642. The summed E-state index contributed by atoms with van der Waals surface area (Å²) in [6.45, 7) is 4.84. The molecule has 0 saturated carbocycles. The summed E-state index contributed by atoms with van der Waals surface area (Å²) in [6, 6.07) is 12.7. The number of H-pyrrole nitrogens is 1. The van der Waals surface area contributed by atoms with Gasteiger partial charge in [-0.05, 0) is 115 Å². The van der Waals surface area contributed by atoms with Gasteiger partial charge in [0, 0.05) is 42.6 Å². The van der Waals surface area contributed by atoms with Crippen molar-refractivity contribution in [2.24, 2.45) is 0 Å². The fraction of sp³-hybridized carbons (Fsp3) is 0.224. The van der Waals surface area contributed by atoms with Gasteiger partial charge >= 0.3 is 12.1 Å². The number of halogens is 4. The number of carboxylic acid groups (broad SMARTS) is 1. The van der Waals surface area contributed by atoms with E-state index in [2.05, 4.69) is 31.6 Å². The molecule has 21 nitrogen and oxygen atoms in total. The van der Waals surface area contributed by atoms with Crippen LogP contribution in [0.3, 0.4) is 0 Å². The first kappa shape index (κ1) is 58.8. The number of aromatic amines is 1. The number of fused-ring (bicyclic) bond motifs is 10. The van der Waals surface area contributed by atoms with Gasteiger partial charge < -0.3 is 71.5 Å². The first-order chi connectivity index (χ1) is 39.2. The number of phenols is 4. The average Bonchev–Trinajstić information content (AvgIpc) is 4.14. The maximum Gasteiger partial charge on any atom is 0.408 e. The van der Waals surface area contributed by atoms with Crippen LogP contribution in [0.1, 0.15) is 78.3 Å². The molecule has 0 aliphatic carbocycles. The van der Waals surface area contributed by atoms with Crippen molar-refractivity contribution in [3.05, 3.63) is 163 Å². The summed E-state index contributed by atoms with van der Waals surface area (Å²) in [5.74, 6) is -8.84. The molecular formula is C58H51Cl4N7O14. The fourth-order valence-electron chi connectivity index (χ4n) is 9.65. The van der Waals surface area contributed by atoms with Crippen LogP contribution in [-0.2, 0) is 46.3 Å². The van der Waals surface area contributed by atoms with Crippen LogP contribution in [0.2, 0.25) is 20.1 Å². The Labute approximate surface area is 492 Å². The number of nitrogens with one attached hydrogen (secondary N) is 6. The third-order valence-corrected chi connectivity index (χ3v) is 14.9. The summed E-state index contributed by atoms with van der Waals surface area (Å²) in [5.41, 5.74) is 0.243. The molecule has 11 N–H and O–H groups in total. The maximum atomic E-state index is 15.7. The van der Waals surface area contributed by atoms with Crippen LogP contribution in [0.15, 0.2) is 109 Å². The number of likely N-dealkylation sites (N-methyl/N-ethyl adjacent to an activating group) is 1. The molecule has 0 spiro atoms. The molecule has 6 amide bonds. The molecule has 3 aliphatic rings. The van der Waals surface area contributed by atoms with Gasteiger partial charge in [0.1, 0.15) is 47.3 Å².